The zero-order valence-electron chi connectivity index (χ0n) is 17.5. The highest BCUT2D eigenvalue weighted by Crippen LogP contribution is 2.25. The second-order valence-electron chi connectivity index (χ2n) is 7.09. The summed E-state index contributed by atoms with van der Waals surface area (Å²) in [6.45, 7) is -0.281. The Morgan fingerprint density at radius 2 is 1.85 bits per heavy atom. The molecule has 5 rings (SSSR count). The number of aromatic nitrogens is 5. The second kappa shape index (κ2) is 8.42. The Labute approximate surface area is 187 Å². The Kier molecular flexibility index (Phi) is 5.15. The van der Waals surface area contributed by atoms with E-state index in [2.05, 4.69) is 20.6 Å². The van der Waals surface area contributed by atoms with Crippen LogP contribution in [0.5, 0.6) is 5.75 Å². The number of fused-ring (bicyclic) bond motifs is 1. The van der Waals surface area contributed by atoms with Crippen molar-refractivity contribution in [3.63, 3.8) is 0 Å². The molecular formula is C23H18N6O4. The molecule has 0 unspecified atom stereocenters. The predicted molar refractivity (Wildman–Crippen MR) is 120 cm³/mol. The number of amides is 1. The van der Waals surface area contributed by atoms with Gasteiger partial charge in [-0.1, -0.05) is 47.6 Å². The minimum absolute atomic E-state index is 0.218. The molecule has 1 N–H and O–H groups in total. The van der Waals surface area contributed by atoms with Gasteiger partial charge in [0.15, 0.2) is 5.65 Å². The van der Waals surface area contributed by atoms with Crippen LogP contribution < -0.4 is 15.7 Å². The Balaban J connectivity index is 1.45. The van der Waals surface area contributed by atoms with Gasteiger partial charge in [0.25, 0.3) is 5.89 Å². The molecule has 0 saturated heterocycles. The maximum absolute atomic E-state index is 12.8. The van der Waals surface area contributed by atoms with Crippen molar-refractivity contribution in [1.82, 2.24) is 24.3 Å². The van der Waals surface area contributed by atoms with E-state index >= 15 is 0 Å². The molecule has 2 aromatic carbocycles. The van der Waals surface area contributed by atoms with E-state index in [9.17, 15) is 9.59 Å². The third-order valence-electron chi connectivity index (χ3n) is 4.97. The molecule has 0 aliphatic carbocycles. The number of ether oxygens (including phenoxy) is 1. The average Bonchev–Trinajstić information content (AvgIpc) is 3.45. The van der Waals surface area contributed by atoms with Crippen LogP contribution >= 0.6 is 0 Å². The summed E-state index contributed by atoms with van der Waals surface area (Å²) in [6, 6.07) is 19.8. The van der Waals surface area contributed by atoms with Crippen molar-refractivity contribution in [1.29, 1.82) is 0 Å². The standard InChI is InChI=1S/C23H18N6O4/c1-32-18-12-6-5-11-17(18)24-19(30)14-29-23(31)28-13-7-10-16(21(28)26-29)22-25-20(27-33-22)15-8-3-2-4-9-15/h2-13H,14H2,1H3,(H,24,30). The zero-order chi connectivity index (χ0) is 22.8. The van der Waals surface area contributed by atoms with Crippen molar-refractivity contribution in [3.05, 3.63) is 83.4 Å². The molecule has 10 heteroatoms. The highest BCUT2D eigenvalue weighted by atomic mass is 16.5. The number of nitrogens with one attached hydrogen (secondary N) is 1. The Morgan fingerprint density at radius 1 is 1.06 bits per heavy atom. The molecule has 3 aromatic heterocycles. The Morgan fingerprint density at radius 3 is 2.67 bits per heavy atom. The number of para-hydroxylation sites is 2. The number of methoxy groups -OCH3 is 1. The van der Waals surface area contributed by atoms with Gasteiger partial charge in [0.2, 0.25) is 11.7 Å². The first-order valence-corrected chi connectivity index (χ1v) is 10.0. The van der Waals surface area contributed by atoms with Gasteiger partial charge in [0.05, 0.1) is 18.4 Å². The minimum Gasteiger partial charge on any atom is -0.495 e. The van der Waals surface area contributed by atoms with Crippen molar-refractivity contribution < 1.29 is 14.1 Å². The molecule has 1 amide bonds. The highest BCUT2D eigenvalue weighted by molar-refractivity contribution is 5.92. The van der Waals surface area contributed by atoms with E-state index in [1.807, 2.05) is 30.3 Å². The third kappa shape index (κ3) is 3.85. The van der Waals surface area contributed by atoms with Crippen molar-refractivity contribution in [2.24, 2.45) is 0 Å². The van der Waals surface area contributed by atoms with Gasteiger partial charge in [-0.15, -0.1) is 5.10 Å². The number of carbonyl (C=O) groups excluding carboxylic acids is 1. The molecule has 3 heterocycles. The quantitative estimate of drug-likeness (QED) is 0.430. The maximum atomic E-state index is 12.8. The monoisotopic (exact) mass is 442 g/mol. The molecule has 0 bridgehead atoms. The number of pyridine rings is 1. The Hall–Kier alpha value is -4.73. The summed E-state index contributed by atoms with van der Waals surface area (Å²) in [5.74, 6) is 0.734. The fourth-order valence-corrected chi connectivity index (χ4v) is 3.42. The van der Waals surface area contributed by atoms with Gasteiger partial charge in [-0.25, -0.2) is 13.9 Å². The van der Waals surface area contributed by atoms with E-state index in [4.69, 9.17) is 9.26 Å². The number of rotatable bonds is 6. The molecule has 0 aliphatic heterocycles. The van der Waals surface area contributed by atoms with E-state index < -0.39 is 11.6 Å². The van der Waals surface area contributed by atoms with Crippen LogP contribution in [0.15, 0.2) is 82.2 Å². The van der Waals surface area contributed by atoms with Crippen LogP contribution in [0.1, 0.15) is 0 Å². The van der Waals surface area contributed by atoms with Crippen LogP contribution in [0.2, 0.25) is 0 Å². The van der Waals surface area contributed by atoms with Gasteiger partial charge in [-0.3, -0.25) is 4.79 Å². The number of hydrogen-bond acceptors (Lipinski definition) is 7. The molecule has 0 atom stereocenters. The SMILES string of the molecule is COc1ccccc1NC(=O)Cn1nc2c(-c3nc(-c4ccccc4)no3)cccn2c1=O. The molecule has 0 aliphatic rings. The molecule has 0 radical (unpaired) electrons. The van der Waals surface area contributed by atoms with Crippen LogP contribution in [0, 0.1) is 0 Å². The number of hydrogen-bond donors (Lipinski definition) is 1. The fraction of sp³-hybridized carbons (Fsp3) is 0.0870. The third-order valence-corrected chi connectivity index (χ3v) is 4.97. The smallest absolute Gasteiger partial charge is 0.350 e. The summed E-state index contributed by atoms with van der Waals surface area (Å²) < 4.78 is 13.1. The predicted octanol–water partition coefficient (Wildman–Crippen LogP) is 2.86. The summed E-state index contributed by atoms with van der Waals surface area (Å²) in [5, 5.41) is 11.1. The first-order valence-electron chi connectivity index (χ1n) is 10.0. The molecule has 33 heavy (non-hydrogen) atoms. The lowest BCUT2D eigenvalue weighted by Gasteiger charge is -2.09. The topological polar surface area (TPSA) is 117 Å². The number of benzene rings is 2. The molecule has 10 nitrogen and oxygen atoms in total. The van der Waals surface area contributed by atoms with Crippen LogP contribution in [0.25, 0.3) is 28.5 Å². The molecule has 0 fully saturated rings. The summed E-state index contributed by atoms with van der Waals surface area (Å²) in [4.78, 5) is 29.9. The van der Waals surface area contributed by atoms with Gasteiger partial charge in [-0.2, -0.15) is 4.98 Å². The van der Waals surface area contributed by atoms with E-state index in [1.165, 1.54) is 11.5 Å². The molecule has 0 spiro atoms. The normalized spacial score (nSPS) is 10.9. The van der Waals surface area contributed by atoms with Gasteiger partial charge in [-0.05, 0) is 24.3 Å². The molecule has 164 valence electrons. The van der Waals surface area contributed by atoms with Crippen LogP contribution in [-0.4, -0.2) is 37.3 Å². The summed E-state index contributed by atoms with van der Waals surface area (Å²) >= 11 is 0. The maximum Gasteiger partial charge on any atom is 0.350 e. The first kappa shape index (κ1) is 20.2. The minimum atomic E-state index is -0.468. The lowest BCUT2D eigenvalue weighted by atomic mass is 10.2. The average molecular weight is 442 g/mol. The summed E-state index contributed by atoms with van der Waals surface area (Å²) in [7, 11) is 1.51. The van der Waals surface area contributed by atoms with Crippen molar-refractivity contribution in [2.45, 2.75) is 6.54 Å². The number of carbonyl (C=O) groups is 1. The van der Waals surface area contributed by atoms with E-state index in [0.717, 1.165) is 10.2 Å². The summed E-state index contributed by atoms with van der Waals surface area (Å²) in [6.07, 6.45) is 1.57. The van der Waals surface area contributed by atoms with Gasteiger partial charge in [0, 0.05) is 11.8 Å². The number of anilines is 1. The van der Waals surface area contributed by atoms with E-state index in [-0.39, 0.29) is 12.4 Å². The largest absolute Gasteiger partial charge is 0.495 e. The van der Waals surface area contributed by atoms with E-state index in [0.29, 0.717) is 28.5 Å². The van der Waals surface area contributed by atoms with Crippen LogP contribution in [-0.2, 0) is 11.3 Å². The number of nitrogens with zero attached hydrogens (tertiary/aromatic N) is 5. The van der Waals surface area contributed by atoms with Crippen molar-refractivity contribution >= 4 is 17.2 Å². The molecule has 5 aromatic rings. The fourth-order valence-electron chi connectivity index (χ4n) is 3.42. The summed E-state index contributed by atoms with van der Waals surface area (Å²) in [5.41, 5.74) is 1.62. The lowest BCUT2D eigenvalue weighted by molar-refractivity contribution is -0.117. The molecular weight excluding hydrogens is 424 g/mol. The highest BCUT2D eigenvalue weighted by Gasteiger charge is 2.19. The van der Waals surface area contributed by atoms with E-state index in [1.54, 1.807) is 42.6 Å². The van der Waals surface area contributed by atoms with Crippen molar-refractivity contribution in [3.8, 4) is 28.6 Å². The van der Waals surface area contributed by atoms with Gasteiger partial charge in [0.1, 0.15) is 12.3 Å². The lowest BCUT2D eigenvalue weighted by Crippen LogP contribution is -2.28. The Bertz CT molecular complexity index is 1500. The molecule has 0 saturated carbocycles. The van der Waals surface area contributed by atoms with Crippen LogP contribution in [0.3, 0.4) is 0 Å². The zero-order valence-corrected chi connectivity index (χ0v) is 17.5. The van der Waals surface area contributed by atoms with Gasteiger partial charge >= 0.3 is 5.69 Å². The first-order chi connectivity index (χ1) is 16.1. The van der Waals surface area contributed by atoms with Gasteiger partial charge < -0.3 is 14.6 Å². The second-order valence-corrected chi connectivity index (χ2v) is 7.09. The van der Waals surface area contributed by atoms with Crippen molar-refractivity contribution in [2.75, 3.05) is 12.4 Å². The van der Waals surface area contributed by atoms with Crippen LogP contribution in [0.4, 0.5) is 5.69 Å².